The van der Waals surface area contributed by atoms with E-state index >= 15 is 0 Å². The molecule has 0 N–H and O–H groups in total. The van der Waals surface area contributed by atoms with E-state index in [0.717, 1.165) is 15.6 Å². The Morgan fingerprint density at radius 2 is 1.84 bits per heavy atom. The van der Waals surface area contributed by atoms with Crippen molar-refractivity contribution in [2.75, 3.05) is 7.05 Å². The van der Waals surface area contributed by atoms with Crippen molar-refractivity contribution in [3.05, 3.63) is 82.6 Å². The van der Waals surface area contributed by atoms with Crippen LogP contribution in [0, 0.1) is 0 Å². The molecule has 0 radical (unpaired) electrons. The summed E-state index contributed by atoms with van der Waals surface area (Å²) in [4.78, 5) is 0.265. The molecule has 25 heavy (non-hydrogen) atoms. The van der Waals surface area contributed by atoms with Crippen molar-refractivity contribution < 1.29 is 8.42 Å². The van der Waals surface area contributed by atoms with Crippen LogP contribution in [0.5, 0.6) is 0 Å². The van der Waals surface area contributed by atoms with Crippen molar-refractivity contribution in [2.24, 2.45) is 0 Å². The molecule has 130 valence electrons. The predicted molar refractivity (Wildman–Crippen MR) is 101 cm³/mol. The zero-order valence-electron chi connectivity index (χ0n) is 13.7. The quantitative estimate of drug-likeness (QED) is 0.613. The molecule has 0 atom stereocenters. The maximum atomic E-state index is 12.7. The SMILES string of the molecule is CN(Cc1cnn(Cc2ccccc2)c1)S(=O)(=O)c1cccc(Br)c1. The Morgan fingerprint density at radius 1 is 1.08 bits per heavy atom. The van der Waals surface area contributed by atoms with Crippen LogP contribution >= 0.6 is 15.9 Å². The summed E-state index contributed by atoms with van der Waals surface area (Å²) in [6.45, 7) is 0.923. The first-order valence-corrected chi connectivity index (χ1v) is 9.95. The van der Waals surface area contributed by atoms with Crippen molar-refractivity contribution in [3.63, 3.8) is 0 Å². The van der Waals surface area contributed by atoms with Gasteiger partial charge in [-0.3, -0.25) is 4.68 Å². The Bertz CT molecular complexity index is 955. The number of sulfonamides is 1. The topological polar surface area (TPSA) is 55.2 Å². The first-order chi connectivity index (χ1) is 11.9. The van der Waals surface area contributed by atoms with Gasteiger partial charge < -0.3 is 0 Å². The Hall–Kier alpha value is -1.96. The molecule has 0 saturated heterocycles. The van der Waals surface area contributed by atoms with Gasteiger partial charge in [-0.15, -0.1) is 0 Å². The van der Waals surface area contributed by atoms with Crippen LogP contribution in [0.4, 0.5) is 0 Å². The fourth-order valence-electron chi connectivity index (χ4n) is 2.49. The Morgan fingerprint density at radius 3 is 2.56 bits per heavy atom. The van der Waals surface area contributed by atoms with Gasteiger partial charge in [-0.05, 0) is 23.8 Å². The molecule has 1 heterocycles. The minimum atomic E-state index is -3.54. The van der Waals surface area contributed by atoms with Crippen LogP contribution in [0.1, 0.15) is 11.1 Å². The summed E-state index contributed by atoms with van der Waals surface area (Å²) in [7, 11) is -1.97. The molecule has 0 saturated carbocycles. The number of benzene rings is 2. The number of hydrogen-bond acceptors (Lipinski definition) is 3. The molecule has 7 heteroatoms. The number of aromatic nitrogens is 2. The van der Waals surface area contributed by atoms with Crippen molar-refractivity contribution in [1.82, 2.24) is 14.1 Å². The highest BCUT2D eigenvalue weighted by Crippen LogP contribution is 2.20. The Kier molecular flexibility index (Phi) is 5.36. The molecule has 3 rings (SSSR count). The van der Waals surface area contributed by atoms with Gasteiger partial charge in [0.15, 0.2) is 0 Å². The van der Waals surface area contributed by atoms with Gasteiger partial charge in [0.2, 0.25) is 10.0 Å². The molecule has 0 aliphatic heterocycles. The van der Waals surface area contributed by atoms with Crippen LogP contribution in [0.3, 0.4) is 0 Å². The zero-order valence-corrected chi connectivity index (χ0v) is 16.1. The largest absolute Gasteiger partial charge is 0.268 e. The molecular weight excluding hydrogens is 402 g/mol. The fraction of sp³-hybridized carbons (Fsp3) is 0.167. The standard InChI is InChI=1S/C18H18BrN3O2S/c1-21(25(23,24)18-9-5-8-17(19)10-18)12-16-11-20-22(14-16)13-15-6-3-2-4-7-15/h2-11,14H,12-13H2,1H3. The molecule has 5 nitrogen and oxygen atoms in total. The van der Waals surface area contributed by atoms with Crippen LogP contribution in [0.25, 0.3) is 0 Å². The molecule has 0 unspecified atom stereocenters. The molecule has 0 bridgehead atoms. The lowest BCUT2D eigenvalue weighted by atomic mass is 10.2. The van der Waals surface area contributed by atoms with E-state index in [9.17, 15) is 8.42 Å². The van der Waals surface area contributed by atoms with Gasteiger partial charge >= 0.3 is 0 Å². The normalized spacial score (nSPS) is 11.8. The number of hydrogen-bond donors (Lipinski definition) is 0. The molecule has 0 fully saturated rings. The van der Waals surface area contributed by atoms with Gasteiger partial charge in [0, 0.05) is 29.8 Å². The average Bonchev–Trinajstić information content (AvgIpc) is 3.02. The lowest BCUT2D eigenvalue weighted by Gasteiger charge is -2.16. The number of nitrogens with zero attached hydrogens (tertiary/aromatic N) is 3. The lowest BCUT2D eigenvalue weighted by Crippen LogP contribution is -2.26. The summed E-state index contributed by atoms with van der Waals surface area (Å²) in [5.74, 6) is 0. The number of halogens is 1. The monoisotopic (exact) mass is 419 g/mol. The van der Waals surface area contributed by atoms with Crippen LogP contribution in [-0.2, 0) is 23.1 Å². The summed E-state index contributed by atoms with van der Waals surface area (Å²) in [5.41, 5.74) is 1.99. The van der Waals surface area contributed by atoms with Crippen LogP contribution in [0.15, 0.2) is 76.4 Å². The molecule has 2 aromatic carbocycles. The van der Waals surface area contributed by atoms with E-state index in [1.165, 1.54) is 4.31 Å². The highest BCUT2D eigenvalue weighted by molar-refractivity contribution is 9.10. The minimum absolute atomic E-state index is 0.265. The van der Waals surface area contributed by atoms with Crippen molar-refractivity contribution >= 4 is 26.0 Å². The second-order valence-corrected chi connectivity index (χ2v) is 8.71. The van der Waals surface area contributed by atoms with E-state index in [0.29, 0.717) is 6.54 Å². The van der Waals surface area contributed by atoms with Gasteiger partial charge in [-0.1, -0.05) is 52.3 Å². The van der Waals surface area contributed by atoms with Crippen LogP contribution < -0.4 is 0 Å². The molecule has 0 amide bonds. The summed E-state index contributed by atoms with van der Waals surface area (Å²) in [6.07, 6.45) is 3.58. The molecular formula is C18H18BrN3O2S. The van der Waals surface area contributed by atoms with Crippen LogP contribution in [0.2, 0.25) is 0 Å². The third-order valence-electron chi connectivity index (χ3n) is 3.78. The predicted octanol–water partition coefficient (Wildman–Crippen LogP) is 3.51. The summed E-state index contributed by atoms with van der Waals surface area (Å²) >= 11 is 3.31. The second-order valence-electron chi connectivity index (χ2n) is 5.75. The smallest absolute Gasteiger partial charge is 0.243 e. The lowest BCUT2D eigenvalue weighted by molar-refractivity contribution is 0.466. The van der Waals surface area contributed by atoms with Crippen LogP contribution in [-0.4, -0.2) is 29.6 Å². The Balaban J connectivity index is 1.72. The second kappa shape index (κ2) is 7.51. The third kappa shape index (κ3) is 4.36. The first-order valence-electron chi connectivity index (χ1n) is 7.72. The van der Waals surface area contributed by atoms with Crippen molar-refractivity contribution in [3.8, 4) is 0 Å². The average molecular weight is 420 g/mol. The van der Waals surface area contributed by atoms with Gasteiger partial charge in [-0.2, -0.15) is 9.40 Å². The molecule has 0 spiro atoms. The van der Waals surface area contributed by atoms with E-state index in [-0.39, 0.29) is 11.4 Å². The third-order valence-corrected chi connectivity index (χ3v) is 6.08. The van der Waals surface area contributed by atoms with Crippen molar-refractivity contribution in [1.29, 1.82) is 0 Å². The van der Waals surface area contributed by atoms with E-state index < -0.39 is 10.0 Å². The zero-order chi connectivity index (χ0) is 17.9. The molecule has 1 aromatic heterocycles. The minimum Gasteiger partial charge on any atom is -0.268 e. The van der Waals surface area contributed by atoms with E-state index in [2.05, 4.69) is 21.0 Å². The molecule has 0 aliphatic carbocycles. The highest BCUT2D eigenvalue weighted by Gasteiger charge is 2.21. The molecule has 0 aliphatic rings. The number of rotatable bonds is 6. The summed E-state index contributed by atoms with van der Waals surface area (Å²) in [5, 5.41) is 4.32. The van der Waals surface area contributed by atoms with Gasteiger partial charge in [0.05, 0.1) is 17.6 Å². The summed E-state index contributed by atoms with van der Waals surface area (Å²) < 4.78 is 29.2. The first kappa shape index (κ1) is 17.8. The van der Waals surface area contributed by atoms with Gasteiger partial charge in [0.1, 0.15) is 0 Å². The summed E-state index contributed by atoms with van der Waals surface area (Å²) in [6, 6.07) is 16.7. The molecule has 3 aromatic rings. The van der Waals surface area contributed by atoms with E-state index in [4.69, 9.17) is 0 Å². The van der Waals surface area contributed by atoms with Crippen molar-refractivity contribution in [2.45, 2.75) is 18.0 Å². The fourth-order valence-corrected chi connectivity index (χ4v) is 4.25. The van der Waals surface area contributed by atoms with Gasteiger partial charge in [-0.25, -0.2) is 8.42 Å². The van der Waals surface area contributed by atoms with Gasteiger partial charge in [0.25, 0.3) is 0 Å². The van der Waals surface area contributed by atoms with E-state index in [1.807, 2.05) is 41.2 Å². The maximum absolute atomic E-state index is 12.7. The maximum Gasteiger partial charge on any atom is 0.243 e. The van der Waals surface area contributed by atoms with E-state index in [1.54, 1.807) is 37.5 Å². The Labute approximate surface area is 156 Å². The highest BCUT2D eigenvalue weighted by atomic mass is 79.9.